The Morgan fingerprint density at radius 1 is 1.27 bits per heavy atom. The van der Waals surface area contributed by atoms with Crippen molar-refractivity contribution in [1.82, 2.24) is 14.9 Å². The molecule has 3 N–H and O–H groups in total. The molecule has 0 aliphatic rings. The predicted molar refractivity (Wildman–Crippen MR) is 112 cm³/mol. The van der Waals surface area contributed by atoms with Gasteiger partial charge in [-0.25, -0.2) is 9.37 Å². The predicted octanol–water partition coefficient (Wildman–Crippen LogP) is 2.75. The van der Waals surface area contributed by atoms with E-state index in [-0.39, 0.29) is 18.3 Å². The standard InChI is InChI=1S/C22H27FN4O3/c1-3-29-11-10-27-20-12-18(30-14-16-4-6-17(23)7-5-16)8-9-19(20)26-21(27)13-25-22(28)15(2)24/h4-9,12,15H,3,10-11,13-14,24H2,1-2H3,(H,25,28)/t15-/m0/s1. The van der Waals surface area contributed by atoms with Crippen molar-refractivity contribution in [2.45, 2.75) is 39.6 Å². The number of rotatable bonds is 10. The molecule has 1 amide bonds. The highest BCUT2D eigenvalue weighted by Gasteiger charge is 2.14. The molecule has 160 valence electrons. The summed E-state index contributed by atoms with van der Waals surface area (Å²) in [5, 5.41) is 2.81. The summed E-state index contributed by atoms with van der Waals surface area (Å²) in [6, 6.07) is 11.3. The number of aromatic nitrogens is 2. The van der Waals surface area contributed by atoms with Crippen molar-refractivity contribution in [3.63, 3.8) is 0 Å². The van der Waals surface area contributed by atoms with Gasteiger partial charge in [0.15, 0.2) is 0 Å². The first kappa shape index (κ1) is 21.7. The van der Waals surface area contributed by atoms with Gasteiger partial charge in [-0.2, -0.15) is 0 Å². The molecule has 0 saturated heterocycles. The number of nitrogens with zero attached hydrogens (tertiary/aromatic N) is 2. The number of nitrogens with two attached hydrogens (primary N) is 1. The van der Waals surface area contributed by atoms with E-state index in [4.69, 9.17) is 15.2 Å². The Balaban J connectivity index is 1.80. The van der Waals surface area contributed by atoms with Gasteiger partial charge in [0.2, 0.25) is 5.91 Å². The highest BCUT2D eigenvalue weighted by molar-refractivity contribution is 5.81. The normalized spacial score (nSPS) is 12.1. The molecular weight excluding hydrogens is 387 g/mol. The SMILES string of the molecule is CCOCCn1c(CNC(=O)[C@H](C)N)nc2ccc(OCc3ccc(F)cc3)cc21. The number of hydrogen-bond acceptors (Lipinski definition) is 5. The Morgan fingerprint density at radius 2 is 2.03 bits per heavy atom. The van der Waals surface area contributed by atoms with E-state index in [2.05, 4.69) is 10.3 Å². The molecule has 30 heavy (non-hydrogen) atoms. The molecule has 0 spiro atoms. The van der Waals surface area contributed by atoms with Gasteiger partial charge in [0.1, 0.15) is 24.0 Å². The van der Waals surface area contributed by atoms with Crippen molar-refractivity contribution < 1.29 is 18.7 Å². The maximum atomic E-state index is 13.1. The fourth-order valence-corrected chi connectivity index (χ4v) is 3.00. The van der Waals surface area contributed by atoms with Crippen molar-refractivity contribution >= 4 is 16.9 Å². The molecular formula is C22H27FN4O3. The van der Waals surface area contributed by atoms with Crippen molar-refractivity contribution in [2.75, 3.05) is 13.2 Å². The van der Waals surface area contributed by atoms with Crippen LogP contribution < -0.4 is 15.8 Å². The maximum absolute atomic E-state index is 13.1. The Kier molecular flexibility index (Phi) is 7.37. The molecule has 3 rings (SSSR count). The van der Waals surface area contributed by atoms with E-state index < -0.39 is 6.04 Å². The van der Waals surface area contributed by atoms with Gasteiger partial charge in [0.05, 0.1) is 30.2 Å². The van der Waals surface area contributed by atoms with Gasteiger partial charge in [-0.1, -0.05) is 12.1 Å². The number of ether oxygens (including phenoxy) is 2. The molecule has 1 aromatic heterocycles. The third-order valence-corrected chi connectivity index (χ3v) is 4.62. The van der Waals surface area contributed by atoms with Gasteiger partial charge < -0.3 is 25.1 Å². The highest BCUT2D eigenvalue weighted by atomic mass is 19.1. The molecule has 0 unspecified atom stereocenters. The molecule has 1 heterocycles. The van der Waals surface area contributed by atoms with Crippen molar-refractivity contribution in [1.29, 1.82) is 0 Å². The summed E-state index contributed by atoms with van der Waals surface area (Å²) >= 11 is 0. The minimum atomic E-state index is -0.585. The van der Waals surface area contributed by atoms with Gasteiger partial charge >= 0.3 is 0 Å². The Hall–Kier alpha value is -2.97. The zero-order chi connectivity index (χ0) is 21.5. The topological polar surface area (TPSA) is 91.4 Å². The number of hydrogen-bond donors (Lipinski definition) is 2. The molecule has 0 radical (unpaired) electrons. The summed E-state index contributed by atoms with van der Waals surface area (Å²) in [6.07, 6.45) is 0. The second-order valence-electron chi connectivity index (χ2n) is 6.95. The second kappa shape index (κ2) is 10.2. The van der Waals surface area contributed by atoms with E-state index in [1.807, 2.05) is 29.7 Å². The maximum Gasteiger partial charge on any atom is 0.237 e. The van der Waals surface area contributed by atoms with Crippen LogP contribution in [0.3, 0.4) is 0 Å². The average Bonchev–Trinajstić information content (AvgIpc) is 3.08. The van der Waals surface area contributed by atoms with Crippen molar-refractivity contribution in [3.05, 3.63) is 59.7 Å². The molecule has 0 bridgehead atoms. The third-order valence-electron chi connectivity index (χ3n) is 4.62. The smallest absolute Gasteiger partial charge is 0.237 e. The zero-order valence-corrected chi connectivity index (χ0v) is 17.2. The summed E-state index contributed by atoms with van der Waals surface area (Å²) in [6.45, 7) is 5.92. The lowest BCUT2D eigenvalue weighted by molar-refractivity contribution is -0.122. The van der Waals surface area contributed by atoms with Crippen LogP contribution in [-0.2, 0) is 29.2 Å². The van der Waals surface area contributed by atoms with Gasteiger partial charge in [-0.3, -0.25) is 4.79 Å². The quantitative estimate of drug-likeness (QED) is 0.498. The lowest BCUT2D eigenvalue weighted by Crippen LogP contribution is -2.38. The Bertz CT molecular complexity index is 986. The number of amides is 1. The van der Waals surface area contributed by atoms with E-state index in [9.17, 15) is 9.18 Å². The van der Waals surface area contributed by atoms with E-state index in [1.54, 1.807) is 19.1 Å². The molecule has 0 aliphatic heterocycles. The van der Waals surface area contributed by atoms with Crippen LogP contribution in [0.15, 0.2) is 42.5 Å². The highest BCUT2D eigenvalue weighted by Crippen LogP contribution is 2.23. The van der Waals surface area contributed by atoms with Crippen LogP contribution in [0.25, 0.3) is 11.0 Å². The first-order valence-electron chi connectivity index (χ1n) is 9.95. The molecule has 8 heteroatoms. The lowest BCUT2D eigenvalue weighted by Gasteiger charge is -2.12. The van der Waals surface area contributed by atoms with Crippen LogP contribution in [-0.4, -0.2) is 34.7 Å². The Labute approximate surface area is 175 Å². The molecule has 2 aromatic carbocycles. The van der Waals surface area contributed by atoms with Crippen LogP contribution in [0.1, 0.15) is 25.2 Å². The van der Waals surface area contributed by atoms with Crippen LogP contribution in [0.2, 0.25) is 0 Å². The summed E-state index contributed by atoms with van der Waals surface area (Å²) in [7, 11) is 0. The lowest BCUT2D eigenvalue weighted by atomic mass is 10.2. The number of carbonyl (C=O) groups excluding carboxylic acids is 1. The fraction of sp³-hybridized carbons (Fsp3) is 0.364. The van der Waals surface area contributed by atoms with Gasteiger partial charge in [0.25, 0.3) is 0 Å². The second-order valence-corrected chi connectivity index (χ2v) is 6.95. The van der Waals surface area contributed by atoms with Crippen LogP contribution in [0.5, 0.6) is 5.75 Å². The molecule has 0 fully saturated rings. The summed E-state index contributed by atoms with van der Waals surface area (Å²) < 4.78 is 26.5. The third kappa shape index (κ3) is 5.55. The summed E-state index contributed by atoms with van der Waals surface area (Å²) in [5.74, 6) is 0.883. The van der Waals surface area contributed by atoms with Crippen LogP contribution >= 0.6 is 0 Å². The minimum Gasteiger partial charge on any atom is -0.489 e. The number of fused-ring (bicyclic) bond motifs is 1. The van der Waals surface area contributed by atoms with E-state index >= 15 is 0 Å². The monoisotopic (exact) mass is 414 g/mol. The molecule has 1 atom stereocenters. The summed E-state index contributed by atoms with van der Waals surface area (Å²) in [5.41, 5.74) is 8.18. The average molecular weight is 414 g/mol. The minimum absolute atomic E-state index is 0.235. The van der Waals surface area contributed by atoms with E-state index in [1.165, 1.54) is 12.1 Å². The van der Waals surface area contributed by atoms with E-state index in [0.29, 0.717) is 32.1 Å². The zero-order valence-electron chi connectivity index (χ0n) is 17.2. The van der Waals surface area contributed by atoms with Gasteiger partial charge in [-0.15, -0.1) is 0 Å². The fourth-order valence-electron chi connectivity index (χ4n) is 3.00. The van der Waals surface area contributed by atoms with E-state index in [0.717, 1.165) is 22.4 Å². The number of carbonyl (C=O) groups is 1. The van der Waals surface area contributed by atoms with Gasteiger partial charge in [-0.05, 0) is 43.7 Å². The number of nitrogens with one attached hydrogen (secondary N) is 1. The number of benzene rings is 2. The molecule has 3 aromatic rings. The van der Waals surface area contributed by atoms with Crippen LogP contribution in [0.4, 0.5) is 4.39 Å². The molecule has 7 nitrogen and oxygen atoms in total. The molecule has 0 aliphatic carbocycles. The summed E-state index contributed by atoms with van der Waals surface area (Å²) in [4.78, 5) is 16.5. The first-order valence-corrected chi connectivity index (χ1v) is 9.95. The van der Waals surface area contributed by atoms with Crippen molar-refractivity contribution in [2.24, 2.45) is 5.73 Å². The first-order chi connectivity index (χ1) is 14.5. The Morgan fingerprint density at radius 3 is 2.73 bits per heavy atom. The largest absolute Gasteiger partial charge is 0.489 e. The number of imidazole rings is 1. The molecule has 0 saturated carbocycles. The van der Waals surface area contributed by atoms with Gasteiger partial charge in [0, 0.05) is 19.2 Å². The number of halogens is 1. The van der Waals surface area contributed by atoms with Crippen LogP contribution in [0, 0.1) is 5.82 Å². The van der Waals surface area contributed by atoms with Crippen molar-refractivity contribution in [3.8, 4) is 5.75 Å².